The molecule has 0 radical (unpaired) electrons. The molecule has 1 amide bonds. The van der Waals surface area contributed by atoms with Crippen LogP contribution in [0.2, 0.25) is 0 Å². The van der Waals surface area contributed by atoms with Crippen molar-refractivity contribution >= 4 is 28.1 Å². The van der Waals surface area contributed by atoms with E-state index in [-0.39, 0.29) is 11.5 Å². The van der Waals surface area contributed by atoms with Crippen LogP contribution in [0, 0.1) is 0 Å². The average molecular weight is 532 g/mol. The third kappa shape index (κ3) is 4.22. The molecule has 9 heteroatoms. The molecule has 1 spiro atoms. The molecule has 1 fully saturated rings. The number of carbonyl (C=O) groups is 1. The van der Waals surface area contributed by atoms with Crippen molar-refractivity contribution in [3.8, 4) is 11.3 Å². The minimum Gasteiger partial charge on any atom is -0.444 e. The SMILES string of the molecule is CCc1cc2cc(-c3cc4n(n3)CCC43CCN(C(=O)OC(C)(C)C)C3)cnc2n1S(=O)c1ccccc1. The van der Waals surface area contributed by atoms with Crippen LogP contribution >= 0.6 is 0 Å². The van der Waals surface area contributed by atoms with Gasteiger partial charge >= 0.3 is 6.09 Å². The van der Waals surface area contributed by atoms with Gasteiger partial charge in [-0.15, -0.1) is 0 Å². The molecule has 198 valence electrons. The van der Waals surface area contributed by atoms with Gasteiger partial charge in [-0.1, -0.05) is 25.1 Å². The molecule has 1 saturated heterocycles. The van der Waals surface area contributed by atoms with Crippen LogP contribution < -0.4 is 0 Å². The van der Waals surface area contributed by atoms with Crippen molar-refractivity contribution in [3.63, 3.8) is 0 Å². The summed E-state index contributed by atoms with van der Waals surface area (Å²) in [6, 6.07) is 15.8. The van der Waals surface area contributed by atoms with Crippen LogP contribution in [0.4, 0.5) is 4.79 Å². The fourth-order valence-electron chi connectivity index (χ4n) is 5.71. The lowest BCUT2D eigenvalue weighted by molar-refractivity contribution is 0.0284. The largest absolute Gasteiger partial charge is 0.444 e. The number of hydrogen-bond donors (Lipinski definition) is 0. The molecule has 0 saturated carbocycles. The molecular formula is C29H33N5O3S. The molecule has 2 atom stereocenters. The van der Waals surface area contributed by atoms with E-state index in [2.05, 4.69) is 29.8 Å². The van der Waals surface area contributed by atoms with Crippen molar-refractivity contribution < 1.29 is 13.7 Å². The number of carbonyl (C=O) groups excluding carboxylic acids is 1. The van der Waals surface area contributed by atoms with E-state index in [0.29, 0.717) is 18.7 Å². The van der Waals surface area contributed by atoms with Gasteiger partial charge in [-0.05, 0) is 70.4 Å². The number of likely N-dealkylation sites (tertiary alicyclic amines) is 1. The summed E-state index contributed by atoms with van der Waals surface area (Å²) in [6.07, 6.45) is 4.21. The van der Waals surface area contributed by atoms with Gasteiger partial charge in [0.15, 0.2) is 16.6 Å². The summed E-state index contributed by atoms with van der Waals surface area (Å²) in [4.78, 5) is 20.1. The number of ether oxygens (including phenoxy) is 1. The highest BCUT2D eigenvalue weighted by Crippen LogP contribution is 2.44. The summed E-state index contributed by atoms with van der Waals surface area (Å²) in [5.74, 6) is 0. The van der Waals surface area contributed by atoms with Crippen LogP contribution in [0.3, 0.4) is 0 Å². The number of nitrogens with zero attached hydrogens (tertiary/aromatic N) is 5. The lowest BCUT2D eigenvalue weighted by Gasteiger charge is -2.26. The average Bonchev–Trinajstić information content (AvgIpc) is 3.66. The molecule has 0 bridgehead atoms. The highest BCUT2D eigenvalue weighted by atomic mass is 32.2. The number of aryl methyl sites for hydroxylation is 2. The highest BCUT2D eigenvalue weighted by molar-refractivity contribution is 7.83. The summed E-state index contributed by atoms with van der Waals surface area (Å²) in [6.45, 7) is 9.93. The van der Waals surface area contributed by atoms with E-state index in [1.807, 2.05) is 66.2 Å². The quantitative estimate of drug-likeness (QED) is 0.356. The van der Waals surface area contributed by atoms with Gasteiger partial charge in [-0.25, -0.2) is 18.0 Å². The smallest absolute Gasteiger partial charge is 0.410 e. The fraction of sp³-hybridized carbons (Fsp3) is 0.414. The van der Waals surface area contributed by atoms with E-state index in [4.69, 9.17) is 14.8 Å². The lowest BCUT2D eigenvalue weighted by atomic mass is 9.82. The Labute approximate surface area is 225 Å². The summed E-state index contributed by atoms with van der Waals surface area (Å²) in [5.41, 5.74) is 4.07. The first-order valence-corrected chi connectivity index (χ1v) is 14.3. The zero-order chi connectivity index (χ0) is 26.7. The number of amides is 1. The number of pyridine rings is 1. The molecule has 5 heterocycles. The number of rotatable bonds is 4. The number of benzene rings is 1. The Bertz CT molecular complexity index is 1550. The van der Waals surface area contributed by atoms with E-state index in [0.717, 1.165) is 53.0 Å². The zero-order valence-electron chi connectivity index (χ0n) is 22.3. The van der Waals surface area contributed by atoms with Crippen LogP contribution in [0.5, 0.6) is 0 Å². The first-order valence-electron chi connectivity index (χ1n) is 13.2. The molecule has 3 aromatic heterocycles. The molecule has 2 aliphatic heterocycles. The monoisotopic (exact) mass is 531 g/mol. The van der Waals surface area contributed by atoms with Gasteiger partial charge in [-0.2, -0.15) is 5.10 Å². The molecule has 38 heavy (non-hydrogen) atoms. The van der Waals surface area contributed by atoms with Gasteiger partial charge in [0.05, 0.1) is 10.6 Å². The Morgan fingerprint density at radius 2 is 1.87 bits per heavy atom. The summed E-state index contributed by atoms with van der Waals surface area (Å²) in [7, 11) is -1.37. The molecule has 1 aromatic carbocycles. The van der Waals surface area contributed by atoms with Crippen molar-refractivity contribution in [2.24, 2.45) is 0 Å². The van der Waals surface area contributed by atoms with Gasteiger partial charge in [-0.3, -0.25) is 4.68 Å². The van der Waals surface area contributed by atoms with E-state index >= 15 is 0 Å². The van der Waals surface area contributed by atoms with Crippen molar-refractivity contribution in [3.05, 3.63) is 66.1 Å². The van der Waals surface area contributed by atoms with Crippen LogP contribution in [-0.2, 0) is 34.1 Å². The molecule has 0 aliphatic carbocycles. The van der Waals surface area contributed by atoms with Gasteiger partial charge in [0, 0.05) is 53.6 Å². The predicted molar refractivity (Wildman–Crippen MR) is 147 cm³/mol. The number of aromatic nitrogens is 4. The fourth-order valence-corrected chi connectivity index (χ4v) is 7.01. The van der Waals surface area contributed by atoms with Crippen LogP contribution in [0.15, 0.2) is 59.6 Å². The summed E-state index contributed by atoms with van der Waals surface area (Å²) >= 11 is 0. The van der Waals surface area contributed by atoms with Crippen molar-refractivity contribution in [2.75, 3.05) is 13.1 Å². The van der Waals surface area contributed by atoms with Crippen LogP contribution in [-0.4, -0.2) is 52.6 Å². The third-order valence-electron chi connectivity index (χ3n) is 7.57. The van der Waals surface area contributed by atoms with E-state index in [1.54, 1.807) is 0 Å². The third-order valence-corrected chi connectivity index (χ3v) is 8.98. The van der Waals surface area contributed by atoms with Gasteiger partial charge in [0.25, 0.3) is 0 Å². The van der Waals surface area contributed by atoms with Crippen molar-refractivity contribution in [1.82, 2.24) is 23.6 Å². The molecule has 8 nitrogen and oxygen atoms in total. The van der Waals surface area contributed by atoms with E-state index in [1.165, 1.54) is 5.69 Å². The maximum Gasteiger partial charge on any atom is 0.410 e. The Morgan fingerprint density at radius 1 is 1.11 bits per heavy atom. The Kier molecular flexibility index (Phi) is 5.94. The number of hydrogen-bond acceptors (Lipinski definition) is 5. The standard InChI is InChI=1S/C29H33N5O3S/c1-5-22-16-20-15-21(18-30-26(20)34(22)38(36)23-9-7-6-8-10-23)24-17-25-29(12-14-33(25)31-24)11-13-32(19-29)27(35)37-28(2,3)4/h6-10,15-18H,5,11-14,19H2,1-4H3. The minimum atomic E-state index is -1.37. The Balaban J connectivity index is 1.30. The molecule has 0 N–H and O–H groups in total. The van der Waals surface area contributed by atoms with Gasteiger partial charge in [0.2, 0.25) is 0 Å². The van der Waals surface area contributed by atoms with Gasteiger partial charge < -0.3 is 9.64 Å². The van der Waals surface area contributed by atoms with E-state index in [9.17, 15) is 9.00 Å². The van der Waals surface area contributed by atoms with Crippen LogP contribution in [0.25, 0.3) is 22.3 Å². The maximum absolute atomic E-state index is 13.4. The lowest BCUT2D eigenvalue weighted by Crippen LogP contribution is -2.37. The van der Waals surface area contributed by atoms with Crippen LogP contribution in [0.1, 0.15) is 51.9 Å². The van der Waals surface area contributed by atoms with Crippen molar-refractivity contribution in [2.45, 2.75) is 69.4 Å². The maximum atomic E-state index is 13.4. The normalized spacial score (nSPS) is 19.8. The molecule has 2 aliphatic rings. The Hall–Kier alpha value is -3.46. The molecule has 2 unspecified atom stereocenters. The predicted octanol–water partition coefficient (Wildman–Crippen LogP) is 5.32. The summed E-state index contributed by atoms with van der Waals surface area (Å²) in [5, 5.41) is 5.87. The summed E-state index contributed by atoms with van der Waals surface area (Å²) < 4.78 is 23.0. The zero-order valence-corrected chi connectivity index (χ0v) is 23.1. The molecule has 6 rings (SSSR count). The first kappa shape index (κ1) is 24.9. The van der Waals surface area contributed by atoms with E-state index < -0.39 is 16.6 Å². The second-order valence-electron chi connectivity index (χ2n) is 11.3. The Morgan fingerprint density at radius 3 is 2.61 bits per heavy atom. The topological polar surface area (TPSA) is 82.2 Å². The first-order chi connectivity index (χ1) is 18.2. The molecule has 4 aromatic rings. The molecular weight excluding hydrogens is 498 g/mol. The minimum absolute atomic E-state index is 0.0923. The second kappa shape index (κ2) is 9.08. The van der Waals surface area contributed by atoms with Gasteiger partial charge in [0.1, 0.15) is 5.60 Å². The highest BCUT2D eigenvalue weighted by Gasteiger charge is 2.47. The number of fused-ring (bicyclic) bond motifs is 3. The van der Waals surface area contributed by atoms with Crippen molar-refractivity contribution in [1.29, 1.82) is 0 Å². The second-order valence-corrected chi connectivity index (χ2v) is 12.6.